The third kappa shape index (κ3) is 3.87. The second-order valence-corrected chi connectivity index (χ2v) is 7.33. The Morgan fingerprint density at radius 2 is 1.90 bits per heavy atom. The van der Waals surface area contributed by atoms with Crippen molar-refractivity contribution >= 4 is 5.91 Å². The van der Waals surface area contributed by atoms with E-state index in [4.69, 9.17) is 4.98 Å². The Labute approximate surface area is 167 Å². The number of likely N-dealkylation sites (tertiary alicyclic amines) is 1. The van der Waals surface area contributed by atoms with Gasteiger partial charge >= 0.3 is 0 Å². The highest BCUT2D eigenvalue weighted by atomic mass is 19.1. The van der Waals surface area contributed by atoms with E-state index in [1.807, 2.05) is 18.5 Å². The number of benzene rings is 1. The third-order valence-corrected chi connectivity index (χ3v) is 5.37. The Morgan fingerprint density at radius 3 is 2.59 bits per heavy atom. The van der Waals surface area contributed by atoms with E-state index in [0.29, 0.717) is 13.1 Å². The lowest BCUT2D eigenvalue weighted by Crippen LogP contribution is -2.39. The molecule has 1 aromatic carbocycles. The molecule has 1 aliphatic heterocycles. The number of aryl methyl sites for hydroxylation is 1. The number of carbonyl (C=O) groups is 1. The molecule has 8 heteroatoms. The summed E-state index contributed by atoms with van der Waals surface area (Å²) < 4.78 is 28.9. The molecule has 150 valence electrons. The first-order valence-electron chi connectivity index (χ1n) is 9.48. The second-order valence-electron chi connectivity index (χ2n) is 7.33. The molecule has 0 bridgehead atoms. The van der Waals surface area contributed by atoms with Crippen LogP contribution in [0.5, 0.6) is 0 Å². The molecular formula is C21H21F2N5O. The summed E-state index contributed by atoms with van der Waals surface area (Å²) in [5.41, 5.74) is 2.41. The van der Waals surface area contributed by atoms with Gasteiger partial charge in [-0.3, -0.25) is 9.78 Å². The molecule has 4 rings (SSSR count). The van der Waals surface area contributed by atoms with Gasteiger partial charge in [0.1, 0.15) is 23.2 Å². The van der Waals surface area contributed by atoms with E-state index in [1.54, 1.807) is 23.5 Å². The fourth-order valence-electron chi connectivity index (χ4n) is 3.70. The molecule has 1 unspecified atom stereocenters. The van der Waals surface area contributed by atoms with E-state index in [0.717, 1.165) is 53.9 Å². The molecule has 6 nitrogen and oxygen atoms in total. The van der Waals surface area contributed by atoms with Gasteiger partial charge in [-0.1, -0.05) is 0 Å². The van der Waals surface area contributed by atoms with Crippen molar-refractivity contribution < 1.29 is 13.6 Å². The van der Waals surface area contributed by atoms with Crippen LogP contribution in [0.4, 0.5) is 8.78 Å². The highest BCUT2D eigenvalue weighted by Crippen LogP contribution is 2.28. The van der Waals surface area contributed by atoms with Crippen molar-refractivity contribution in [1.82, 2.24) is 24.4 Å². The van der Waals surface area contributed by atoms with Crippen LogP contribution in [0.3, 0.4) is 0 Å². The molecule has 3 heterocycles. The average molecular weight is 397 g/mol. The molecule has 1 amide bonds. The van der Waals surface area contributed by atoms with Crippen molar-refractivity contribution in [3.63, 3.8) is 0 Å². The monoisotopic (exact) mass is 397 g/mol. The van der Waals surface area contributed by atoms with E-state index in [-0.39, 0.29) is 17.4 Å². The summed E-state index contributed by atoms with van der Waals surface area (Å²) in [6.45, 7) is 2.89. The summed E-state index contributed by atoms with van der Waals surface area (Å²) >= 11 is 0. The van der Waals surface area contributed by atoms with Crippen molar-refractivity contribution in [2.75, 3.05) is 13.1 Å². The first-order chi connectivity index (χ1) is 13.9. The Kier molecular flexibility index (Phi) is 5.08. The smallest absolute Gasteiger partial charge is 0.254 e. The highest BCUT2D eigenvalue weighted by molar-refractivity contribution is 5.94. The SMILES string of the molecule is Cc1ncc(-c2cncc(C3CCCN(C(=O)c4cc(F)cc(F)c4)C3)n2)n1C. The van der Waals surface area contributed by atoms with Gasteiger partial charge in [0.2, 0.25) is 0 Å². The van der Waals surface area contributed by atoms with Gasteiger partial charge < -0.3 is 9.47 Å². The third-order valence-electron chi connectivity index (χ3n) is 5.37. The molecule has 2 aromatic heterocycles. The average Bonchev–Trinajstić information content (AvgIpc) is 3.05. The zero-order valence-electron chi connectivity index (χ0n) is 16.3. The molecular weight excluding hydrogens is 376 g/mol. The molecule has 1 saturated heterocycles. The largest absolute Gasteiger partial charge is 0.338 e. The number of rotatable bonds is 3. The maximum absolute atomic E-state index is 13.5. The summed E-state index contributed by atoms with van der Waals surface area (Å²) in [6.07, 6.45) is 6.82. The molecule has 0 aliphatic carbocycles. The van der Waals surface area contributed by atoms with Crippen molar-refractivity contribution in [3.8, 4) is 11.4 Å². The molecule has 3 aromatic rings. The van der Waals surface area contributed by atoms with Gasteiger partial charge in [0.25, 0.3) is 5.91 Å². The summed E-state index contributed by atoms with van der Waals surface area (Å²) in [5, 5.41) is 0. The second kappa shape index (κ2) is 7.69. The fraction of sp³-hybridized carbons (Fsp3) is 0.333. The number of piperidine rings is 1. The predicted octanol–water partition coefficient (Wildman–Crippen LogP) is 3.48. The molecule has 1 aliphatic rings. The first-order valence-corrected chi connectivity index (χ1v) is 9.48. The maximum Gasteiger partial charge on any atom is 0.254 e. The van der Waals surface area contributed by atoms with Crippen molar-refractivity contribution in [2.45, 2.75) is 25.7 Å². The van der Waals surface area contributed by atoms with Gasteiger partial charge in [-0.25, -0.2) is 18.7 Å². The minimum Gasteiger partial charge on any atom is -0.338 e. The highest BCUT2D eigenvalue weighted by Gasteiger charge is 2.27. The van der Waals surface area contributed by atoms with Gasteiger partial charge in [-0.15, -0.1) is 0 Å². The number of imidazole rings is 1. The van der Waals surface area contributed by atoms with E-state index >= 15 is 0 Å². The van der Waals surface area contributed by atoms with E-state index in [2.05, 4.69) is 9.97 Å². The van der Waals surface area contributed by atoms with Crippen LogP contribution >= 0.6 is 0 Å². The van der Waals surface area contributed by atoms with E-state index in [1.165, 1.54) is 0 Å². The standard InChI is InChI=1S/C21H21F2N5O/c1-13-25-11-20(27(13)2)19-10-24-9-18(26-19)14-4-3-5-28(12-14)21(29)15-6-16(22)8-17(23)7-15/h6-11,14H,3-5,12H2,1-2H3. The zero-order valence-corrected chi connectivity index (χ0v) is 16.3. The summed E-state index contributed by atoms with van der Waals surface area (Å²) in [5.74, 6) is -1.00. The molecule has 0 spiro atoms. The van der Waals surface area contributed by atoms with Crippen LogP contribution in [0.2, 0.25) is 0 Å². The van der Waals surface area contributed by atoms with Crippen LogP contribution in [0, 0.1) is 18.6 Å². The quantitative estimate of drug-likeness (QED) is 0.679. The molecule has 0 N–H and O–H groups in total. The van der Waals surface area contributed by atoms with Crippen molar-refractivity contribution in [2.24, 2.45) is 7.05 Å². The number of hydrogen-bond donors (Lipinski definition) is 0. The minimum absolute atomic E-state index is 0.00730. The number of aromatic nitrogens is 4. The van der Waals surface area contributed by atoms with Crippen LogP contribution in [0.25, 0.3) is 11.4 Å². The van der Waals surface area contributed by atoms with Gasteiger partial charge in [-0.2, -0.15) is 0 Å². The zero-order chi connectivity index (χ0) is 20.5. The van der Waals surface area contributed by atoms with Gasteiger partial charge in [0.05, 0.1) is 23.8 Å². The van der Waals surface area contributed by atoms with Crippen LogP contribution in [0.1, 0.15) is 40.6 Å². The summed E-state index contributed by atoms with van der Waals surface area (Å²) in [4.78, 5) is 27.8. The number of amides is 1. The van der Waals surface area contributed by atoms with Gasteiger partial charge in [0, 0.05) is 43.9 Å². The lowest BCUT2D eigenvalue weighted by Gasteiger charge is -2.32. The van der Waals surface area contributed by atoms with Gasteiger partial charge in [0.15, 0.2) is 0 Å². The molecule has 1 atom stereocenters. The molecule has 29 heavy (non-hydrogen) atoms. The topological polar surface area (TPSA) is 63.9 Å². The minimum atomic E-state index is -0.757. The first kappa shape index (κ1) is 19.2. The molecule has 0 saturated carbocycles. The molecule has 0 radical (unpaired) electrons. The summed E-state index contributed by atoms with van der Waals surface area (Å²) in [7, 11) is 1.92. The Morgan fingerprint density at radius 1 is 1.14 bits per heavy atom. The lowest BCUT2D eigenvalue weighted by molar-refractivity contribution is 0.0704. The fourth-order valence-corrected chi connectivity index (χ4v) is 3.70. The number of nitrogens with zero attached hydrogens (tertiary/aromatic N) is 5. The van der Waals surface area contributed by atoms with Crippen molar-refractivity contribution in [1.29, 1.82) is 0 Å². The lowest BCUT2D eigenvalue weighted by atomic mass is 9.94. The number of hydrogen-bond acceptors (Lipinski definition) is 4. The van der Waals surface area contributed by atoms with Crippen LogP contribution in [-0.2, 0) is 7.05 Å². The predicted molar refractivity (Wildman–Crippen MR) is 103 cm³/mol. The van der Waals surface area contributed by atoms with E-state index < -0.39 is 11.6 Å². The van der Waals surface area contributed by atoms with Crippen LogP contribution < -0.4 is 0 Å². The maximum atomic E-state index is 13.5. The Bertz CT molecular complexity index is 1040. The van der Waals surface area contributed by atoms with Crippen LogP contribution in [0.15, 0.2) is 36.8 Å². The Balaban J connectivity index is 1.56. The van der Waals surface area contributed by atoms with Crippen molar-refractivity contribution in [3.05, 3.63) is 65.5 Å². The van der Waals surface area contributed by atoms with Gasteiger partial charge in [-0.05, 0) is 31.9 Å². The number of halogens is 2. The Hall–Kier alpha value is -3.16. The number of carbonyl (C=O) groups excluding carboxylic acids is 1. The van der Waals surface area contributed by atoms with E-state index in [9.17, 15) is 13.6 Å². The normalized spacial score (nSPS) is 16.8. The summed E-state index contributed by atoms with van der Waals surface area (Å²) in [6, 6.07) is 2.90. The van der Waals surface area contributed by atoms with Crippen LogP contribution in [-0.4, -0.2) is 43.4 Å². The molecule has 1 fully saturated rings.